The lowest BCUT2D eigenvalue weighted by Crippen LogP contribution is -2.28. The van der Waals surface area contributed by atoms with E-state index in [-0.39, 0.29) is 12.2 Å². The molecule has 0 aliphatic heterocycles. The maximum atomic E-state index is 5.92. The molecule has 0 saturated heterocycles. The summed E-state index contributed by atoms with van der Waals surface area (Å²) in [5.74, 6) is 0. The van der Waals surface area contributed by atoms with Crippen LogP contribution in [0.5, 0.6) is 0 Å². The van der Waals surface area contributed by atoms with E-state index in [0.29, 0.717) is 0 Å². The highest BCUT2D eigenvalue weighted by Gasteiger charge is 2.09. The van der Waals surface area contributed by atoms with Gasteiger partial charge in [-0.05, 0) is 32.4 Å². The Balaban J connectivity index is 2.31. The van der Waals surface area contributed by atoms with Crippen molar-refractivity contribution in [2.75, 3.05) is 13.1 Å². The third kappa shape index (κ3) is 4.77. The van der Waals surface area contributed by atoms with E-state index in [1.54, 1.807) is 0 Å². The summed E-state index contributed by atoms with van der Waals surface area (Å²) in [6.07, 6.45) is 1.59. The van der Waals surface area contributed by atoms with E-state index in [9.17, 15) is 0 Å². The van der Waals surface area contributed by atoms with Crippen LogP contribution in [0, 0.1) is 0 Å². The second-order valence-corrected chi connectivity index (χ2v) is 4.20. The lowest BCUT2D eigenvalue weighted by Gasteiger charge is -2.19. The topological polar surface area (TPSA) is 21.3 Å². The zero-order chi connectivity index (χ0) is 11.8. The first-order chi connectivity index (χ1) is 7.74. The van der Waals surface area contributed by atoms with Crippen molar-refractivity contribution in [3.63, 3.8) is 0 Å². The summed E-state index contributed by atoms with van der Waals surface area (Å²) in [4.78, 5) is 0. The van der Waals surface area contributed by atoms with Gasteiger partial charge in [-0.3, -0.25) is 0 Å². The fraction of sp³-hybridized carbons (Fsp3) is 0.571. The molecule has 1 aromatic rings. The Hall–Kier alpha value is -0.860. The molecule has 0 fully saturated rings. The molecule has 0 saturated carbocycles. The Bertz CT molecular complexity index is 273. The van der Waals surface area contributed by atoms with Gasteiger partial charge in [0.25, 0.3) is 0 Å². The molecular weight excluding hydrogens is 198 g/mol. The molecule has 1 rings (SSSR count). The highest BCUT2D eigenvalue weighted by atomic mass is 16.5. The maximum absolute atomic E-state index is 5.92. The van der Waals surface area contributed by atoms with Crippen LogP contribution in [0.25, 0.3) is 0 Å². The Labute approximate surface area is 99.0 Å². The van der Waals surface area contributed by atoms with Gasteiger partial charge in [0.1, 0.15) is 0 Å². The summed E-state index contributed by atoms with van der Waals surface area (Å²) in [5, 5.41) is 3.37. The Morgan fingerprint density at radius 2 is 1.88 bits per heavy atom. The minimum Gasteiger partial charge on any atom is -0.370 e. The van der Waals surface area contributed by atoms with Crippen LogP contribution in [0.2, 0.25) is 0 Å². The van der Waals surface area contributed by atoms with Gasteiger partial charge in [-0.25, -0.2) is 0 Å². The SMILES string of the molecule is CCCNCC(C)OC(C)c1ccccc1. The van der Waals surface area contributed by atoms with E-state index < -0.39 is 0 Å². The van der Waals surface area contributed by atoms with Crippen molar-refractivity contribution in [3.05, 3.63) is 35.9 Å². The highest BCUT2D eigenvalue weighted by molar-refractivity contribution is 5.16. The standard InChI is InChI=1S/C14H23NO/c1-4-10-15-11-12(2)16-13(3)14-8-6-5-7-9-14/h5-9,12-13,15H,4,10-11H2,1-3H3. The van der Waals surface area contributed by atoms with E-state index in [0.717, 1.165) is 13.1 Å². The Kier molecular flexibility index (Phi) is 6.12. The van der Waals surface area contributed by atoms with Crippen LogP contribution in [0.1, 0.15) is 38.9 Å². The summed E-state index contributed by atoms with van der Waals surface area (Å²) in [7, 11) is 0. The first kappa shape index (κ1) is 13.2. The van der Waals surface area contributed by atoms with Gasteiger partial charge in [-0.15, -0.1) is 0 Å². The third-order valence-electron chi connectivity index (χ3n) is 2.56. The average molecular weight is 221 g/mol. The zero-order valence-electron chi connectivity index (χ0n) is 10.6. The zero-order valence-corrected chi connectivity index (χ0v) is 10.6. The minimum atomic E-state index is 0.166. The summed E-state index contributed by atoms with van der Waals surface area (Å²) in [6.45, 7) is 8.37. The Morgan fingerprint density at radius 3 is 2.50 bits per heavy atom. The lowest BCUT2D eigenvalue weighted by atomic mass is 10.1. The van der Waals surface area contributed by atoms with Crippen LogP contribution in [0.3, 0.4) is 0 Å². The molecule has 0 heterocycles. The van der Waals surface area contributed by atoms with Crippen molar-refractivity contribution >= 4 is 0 Å². The van der Waals surface area contributed by atoms with Gasteiger partial charge in [0.05, 0.1) is 12.2 Å². The van der Waals surface area contributed by atoms with Crippen molar-refractivity contribution in [1.29, 1.82) is 0 Å². The summed E-state index contributed by atoms with van der Waals surface area (Å²) < 4.78 is 5.92. The van der Waals surface area contributed by atoms with E-state index in [2.05, 4.69) is 50.4 Å². The first-order valence-corrected chi connectivity index (χ1v) is 6.15. The first-order valence-electron chi connectivity index (χ1n) is 6.15. The van der Waals surface area contributed by atoms with Gasteiger partial charge < -0.3 is 10.1 Å². The average Bonchev–Trinajstić information content (AvgIpc) is 2.30. The number of ether oxygens (including phenoxy) is 1. The van der Waals surface area contributed by atoms with Crippen molar-refractivity contribution in [2.24, 2.45) is 0 Å². The number of hydrogen-bond acceptors (Lipinski definition) is 2. The minimum absolute atomic E-state index is 0.166. The number of rotatable bonds is 7. The molecule has 0 amide bonds. The molecule has 2 unspecified atom stereocenters. The molecule has 0 aliphatic carbocycles. The second kappa shape index (κ2) is 7.42. The number of nitrogens with one attached hydrogen (secondary N) is 1. The fourth-order valence-electron chi connectivity index (χ4n) is 1.68. The van der Waals surface area contributed by atoms with Gasteiger partial charge in [0.2, 0.25) is 0 Å². The van der Waals surface area contributed by atoms with Gasteiger partial charge in [-0.1, -0.05) is 37.3 Å². The fourth-order valence-corrected chi connectivity index (χ4v) is 1.68. The summed E-state index contributed by atoms with van der Waals surface area (Å²) >= 11 is 0. The summed E-state index contributed by atoms with van der Waals surface area (Å²) in [6, 6.07) is 10.3. The van der Waals surface area contributed by atoms with Crippen LogP contribution in [0.15, 0.2) is 30.3 Å². The molecule has 0 bridgehead atoms. The molecule has 0 spiro atoms. The molecule has 2 nitrogen and oxygen atoms in total. The molecule has 0 aromatic heterocycles. The monoisotopic (exact) mass is 221 g/mol. The highest BCUT2D eigenvalue weighted by Crippen LogP contribution is 2.17. The molecule has 2 heteroatoms. The summed E-state index contributed by atoms with van der Waals surface area (Å²) in [5.41, 5.74) is 1.24. The van der Waals surface area contributed by atoms with Crippen LogP contribution in [0.4, 0.5) is 0 Å². The predicted octanol–water partition coefficient (Wildman–Crippen LogP) is 3.15. The molecular formula is C14H23NO. The van der Waals surface area contributed by atoms with Crippen molar-refractivity contribution in [3.8, 4) is 0 Å². The maximum Gasteiger partial charge on any atom is 0.0801 e. The van der Waals surface area contributed by atoms with Gasteiger partial charge in [0.15, 0.2) is 0 Å². The van der Waals surface area contributed by atoms with E-state index in [4.69, 9.17) is 4.74 Å². The molecule has 1 N–H and O–H groups in total. The van der Waals surface area contributed by atoms with E-state index in [1.165, 1.54) is 12.0 Å². The van der Waals surface area contributed by atoms with Crippen LogP contribution >= 0.6 is 0 Å². The van der Waals surface area contributed by atoms with E-state index >= 15 is 0 Å². The molecule has 1 aromatic carbocycles. The Morgan fingerprint density at radius 1 is 1.19 bits per heavy atom. The molecule has 2 atom stereocenters. The quantitative estimate of drug-likeness (QED) is 0.714. The molecule has 90 valence electrons. The number of benzene rings is 1. The van der Waals surface area contributed by atoms with Crippen LogP contribution < -0.4 is 5.32 Å². The molecule has 0 radical (unpaired) electrons. The van der Waals surface area contributed by atoms with Crippen LogP contribution in [-0.4, -0.2) is 19.2 Å². The van der Waals surface area contributed by atoms with Gasteiger partial charge in [-0.2, -0.15) is 0 Å². The molecule has 0 aliphatic rings. The van der Waals surface area contributed by atoms with E-state index in [1.807, 2.05) is 6.07 Å². The largest absolute Gasteiger partial charge is 0.370 e. The number of hydrogen-bond donors (Lipinski definition) is 1. The van der Waals surface area contributed by atoms with Crippen molar-refractivity contribution in [1.82, 2.24) is 5.32 Å². The van der Waals surface area contributed by atoms with Gasteiger partial charge in [0, 0.05) is 6.54 Å². The van der Waals surface area contributed by atoms with Crippen LogP contribution in [-0.2, 0) is 4.74 Å². The normalized spacial score (nSPS) is 14.7. The second-order valence-electron chi connectivity index (χ2n) is 4.20. The lowest BCUT2D eigenvalue weighted by molar-refractivity contribution is 0.00802. The predicted molar refractivity (Wildman–Crippen MR) is 68.6 cm³/mol. The molecule has 16 heavy (non-hydrogen) atoms. The van der Waals surface area contributed by atoms with Crippen molar-refractivity contribution < 1.29 is 4.74 Å². The smallest absolute Gasteiger partial charge is 0.0801 e. The van der Waals surface area contributed by atoms with Crippen molar-refractivity contribution in [2.45, 2.75) is 39.4 Å². The van der Waals surface area contributed by atoms with Gasteiger partial charge >= 0.3 is 0 Å². The third-order valence-corrected chi connectivity index (χ3v) is 2.56.